The van der Waals surface area contributed by atoms with Crippen molar-refractivity contribution in [1.29, 1.82) is 0 Å². The predicted molar refractivity (Wildman–Crippen MR) is 67.5 cm³/mol. The van der Waals surface area contributed by atoms with Crippen molar-refractivity contribution in [2.45, 2.75) is 26.3 Å². The van der Waals surface area contributed by atoms with E-state index >= 15 is 0 Å². The fourth-order valence-corrected chi connectivity index (χ4v) is 1.54. The minimum absolute atomic E-state index is 0.225. The van der Waals surface area contributed by atoms with Crippen LogP contribution in [0, 0.1) is 5.82 Å². The topological polar surface area (TPSA) is 18.5 Å². The quantitative estimate of drug-likeness (QED) is 0.576. The van der Waals surface area contributed by atoms with Crippen molar-refractivity contribution in [3.63, 3.8) is 0 Å². The summed E-state index contributed by atoms with van der Waals surface area (Å²) in [6.45, 7) is 4.37. The van der Waals surface area contributed by atoms with E-state index in [1.54, 1.807) is 13.8 Å². The van der Waals surface area contributed by atoms with Gasteiger partial charge in [0.25, 0.3) is 0 Å². The Morgan fingerprint density at radius 2 is 1.75 bits per heavy atom. The van der Waals surface area contributed by atoms with Crippen molar-refractivity contribution in [3.8, 4) is 0 Å². The molecule has 2 nitrogen and oxygen atoms in total. The maximum atomic E-state index is 13.1. The number of rotatable bonds is 6. The third-order valence-electron chi connectivity index (χ3n) is 2.40. The first-order chi connectivity index (χ1) is 9.38. The SMILES string of the molecule is CCOC(C=Cc1ccc(F)c(C(F)(F)F)c1)OCC. The Morgan fingerprint density at radius 1 is 1.15 bits per heavy atom. The zero-order valence-corrected chi connectivity index (χ0v) is 11.2. The van der Waals surface area contributed by atoms with E-state index < -0.39 is 23.8 Å². The van der Waals surface area contributed by atoms with Gasteiger partial charge in [-0.05, 0) is 37.6 Å². The molecule has 6 heteroatoms. The second-order valence-corrected chi connectivity index (χ2v) is 3.88. The fourth-order valence-electron chi connectivity index (χ4n) is 1.54. The molecule has 0 amide bonds. The molecule has 0 N–H and O–H groups in total. The molecule has 1 aromatic rings. The molecule has 0 saturated carbocycles. The monoisotopic (exact) mass is 292 g/mol. The molecule has 1 aromatic carbocycles. The Bertz CT molecular complexity index is 449. The van der Waals surface area contributed by atoms with Gasteiger partial charge in [-0.2, -0.15) is 13.2 Å². The van der Waals surface area contributed by atoms with Crippen LogP contribution in [0.4, 0.5) is 17.6 Å². The molecule has 0 aliphatic carbocycles. The summed E-state index contributed by atoms with van der Waals surface area (Å²) in [5.74, 6) is -1.29. The van der Waals surface area contributed by atoms with Crippen molar-refractivity contribution in [2.24, 2.45) is 0 Å². The first-order valence-electron chi connectivity index (χ1n) is 6.16. The normalized spacial score (nSPS) is 12.6. The number of benzene rings is 1. The molecular weight excluding hydrogens is 276 g/mol. The largest absolute Gasteiger partial charge is 0.419 e. The number of alkyl halides is 3. The second-order valence-electron chi connectivity index (χ2n) is 3.88. The van der Waals surface area contributed by atoms with Crippen LogP contribution < -0.4 is 0 Å². The van der Waals surface area contributed by atoms with Gasteiger partial charge in [0, 0.05) is 13.2 Å². The van der Waals surface area contributed by atoms with Crippen LogP contribution in [0.25, 0.3) is 6.08 Å². The molecule has 0 bridgehead atoms. The average Bonchev–Trinajstić information content (AvgIpc) is 2.36. The van der Waals surface area contributed by atoms with E-state index in [0.29, 0.717) is 13.2 Å². The lowest BCUT2D eigenvalue weighted by molar-refractivity contribution is -0.140. The Kier molecular flexibility index (Phi) is 6.16. The molecule has 0 fully saturated rings. The van der Waals surface area contributed by atoms with Crippen LogP contribution in [0.15, 0.2) is 24.3 Å². The average molecular weight is 292 g/mol. The molecule has 112 valence electrons. The summed E-state index contributed by atoms with van der Waals surface area (Å²) >= 11 is 0. The molecule has 20 heavy (non-hydrogen) atoms. The number of ether oxygens (including phenoxy) is 2. The van der Waals surface area contributed by atoms with Gasteiger partial charge in [-0.1, -0.05) is 12.1 Å². The standard InChI is InChI=1S/C14H16F4O2/c1-3-19-13(20-4-2)8-6-10-5-7-12(15)11(9-10)14(16,17)18/h5-9,13H,3-4H2,1-2H3. The van der Waals surface area contributed by atoms with Gasteiger partial charge in [-0.3, -0.25) is 0 Å². The predicted octanol–water partition coefficient (Wildman–Crippen LogP) is 4.26. The summed E-state index contributed by atoms with van der Waals surface area (Å²) in [4.78, 5) is 0. The van der Waals surface area contributed by atoms with Crippen molar-refractivity contribution in [3.05, 3.63) is 41.2 Å². The molecule has 0 spiro atoms. The first kappa shape index (κ1) is 16.7. The molecule has 0 saturated heterocycles. The first-order valence-corrected chi connectivity index (χ1v) is 6.16. The van der Waals surface area contributed by atoms with E-state index in [-0.39, 0.29) is 5.56 Å². The highest BCUT2D eigenvalue weighted by molar-refractivity contribution is 5.51. The molecule has 0 heterocycles. The van der Waals surface area contributed by atoms with E-state index in [1.165, 1.54) is 18.2 Å². The maximum absolute atomic E-state index is 13.1. The fraction of sp³-hybridized carbons (Fsp3) is 0.429. The highest BCUT2D eigenvalue weighted by Gasteiger charge is 2.33. The van der Waals surface area contributed by atoms with Crippen LogP contribution >= 0.6 is 0 Å². The van der Waals surface area contributed by atoms with Crippen LogP contribution in [-0.2, 0) is 15.7 Å². The highest BCUT2D eigenvalue weighted by atomic mass is 19.4. The summed E-state index contributed by atoms with van der Waals surface area (Å²) in [5, 5.41) is 0. The lowest BCUT2D eigenvalue weighted by Gasteiger charge is -2.12. The molecule has 0 aromatic heterocycles. The third-order valence-corrected chi connectivity index (χ3v) is 2.40. The van der Waals surface area contributed by atoms with E-state index in [0.717, 1.165) is 12.1 Å². The molecule has 0 radical (unpaired) electrons. The number of halogens is 4. The van der Waals surface area contributed by atoms with Gasteiger partial charge in [0.05, 0.1) is 5.56 Å². The number of hydrogen-bond acceptors (Lipinski definition) is 2. The lowest BCUT2D eigenvalue weighted by Crippen LogP contribution is -2.14. The van der Waals surface area contributed by atoms with Crippen LogP contribution in [0.3, 0.4) is 0 Å². The van der Waals surface area contributed by atoms with Gasteiger partial charge in [-0.15, -0.1) is 0 Å². The summed E-state index contributed by atoms with van der Waals surface area (Å²) in [5.41, 5.74) is -1.06. The maximum Gasteiger partial charge on any atom is 0.419 e. The minimum Gasteiger partial charge on any atom is -0.349 e. The van der Waals surface area contributed by atoms with Gasteiger partial charge in [0.1, 0.15) is 5.82 Å². The van der Waals surface area contributed by atoms with Crippen LogP contribution in [0.5, 0.6) is 0 Å². The van der Waals surface area contributed by atoms with E-state index in [1.807, 2.05) is 0 Å². The Labute approximate surface area is 115 Å². The molecule has 0 atom stereocenters. The van der Waals surface area contributed by atoms with Gasteiger partial charge in [0.2, 0.25) is 0 Å². The Morgan fingerprint density at radius 3 is 2.25 bits per heavy atom. The van der Waals surface area contributed by atoms with Gasteiger partial charge in [0.15, 0.2) is 6.29 Å². The zero-order valence-electron chi connectivity index (χ0n) is 11.2. The zero-order chi connectivity index (χ0) is 15.2. The van der Waals surface area contributed by atoms with E-state index in [9.17, 15) is 17.6 Å². The molecule has 0 aliphatic rings. The molecule has 0 unspecified atom stereocenters. The van der Waals surface area contributed by atoms with E-state index in [2.05, 4.69) is 0 Å². The summed E-state index contributed by atoms with van der Waals surface area (Å²) in [6, 6.07) is 2.80. The Balaban J connectivity index is 2.92. The lowest BCUT2D eigenvalue weighted by atomic mass is 10.1. The van der Waals surface area contributed by atoms with Crippen LogP contribution in [-0.4, -0.2) is 19.5 Å². The second kappa shape index (κ2) is 7.40. The summed E-state index contributed by atoms with van der Waals surface area (Å²) < 4.78 is 61.2. The molecular formula is C14H16F4O2. The minimum atomic E-state index is -4.72. The van der Waals surface area contributed by atoms with Gasteiger partial charge in [-0.25, -0.2) is 4.39 Å². The van der Waals surface area contributed by atoms with Crippen LogP contribution in [0.2, 0.25) is 0 Å². The highest BCUT2D eigenvalue weighted by Crippen LogP contribution is 2.32. The van der Waals surface area contributed by atoms with E-state index in [4.69, 9.17) is 9.47 Å². The summed E-state index contributed by atoms with van der Waals surface area (Å²) in [7, 11) is 0. The Hall–Kier alpha value is -1.40. The van der Waals surface area contributed by atoms with Crippen LogP contribution in [0.1, 0.15) is 25.0 Å². The summed E-state index contributed by atoms with van der Waals surface area (Å²) in [6.07, 6.45) is -2.46. The number of hydrogen-bond donors (Lipinski definition) is 0. The van der Waals surface area contributed by atoms with Crippen molar-refractivity contribution >= 4 is 6.08 Å². The van der Waals surface area contributed by atoms with Crippen molar-refractivity contribution in [2.75, 3.05) is 13.2 Å². The van der Waals surface area contributed by atoms with Crippen molar-refractivity contribution < 1.29 is 27.0 Å². The smallest absolute Gasteiger partial charge is 0.349 e. The van der Waals surface area contributed by atoms with Gasteiger partial charge < -0.3 is 9.47 Å². The van der Waals surface area contributed by atoms with Crippen molar-refractivity contribution in [1.82, 2.24) is 0 Å². The van der Waals surface area contributed by atoms with Gasteiger partial charge >= 0.3 is 6.18 Å². The third kappa shape index (κ3) is 4.94. The molecule has 1 rings (SSSR count). The molecule has 0 aliphatic heterocycles.